The molecular formula is C16H30N2O5. The molecule has 2 atom stereocenters. The zero-order valence-electron chi connectivity index (χ0n) is 15.2. The van der Waals surface area contributed by atoms with E-state index >= 15 is 0 Å². The number of rotatable bonds is 7. The van der Waals surface area contributed by atoms with Gasteiger partial charge in [-0.2, -0.15) is 0 Å². The van der Waals surface area contributed by atoms with Crippen LogP contribution in [0.3, 0.4) is 0 Å². The SMILES string of the molecule is CCOC(=O)C(C)NC(=O)C(CC(C)C)NC(=O)OC(C)(C)C. The summed E-state index contributed by atoms with van der Waals surface area (Å²) in [5, 5.41) is 5.11. The highest BCUT2D eigenvalue weighted by molar-refractivity contribution is 5.89. The Kier molecular flexibility index (Phi) is 8.64. The van der Waals surface area contributed by atoms with Gasteiger partial charge < -0.3 is 20.1 Å². The van der Waals surface area contributed by atoms with E-state index in [4.69, 9.17) is 9.47 Å². The van der Waals surface area contributed by atoms with Crippen LogP contribution < -0.4 is 10.6 Å². The summed E-state index contributed by atoms with van der Waals surface area (Å²) in [4.78, 5) is 35.8. The van der Waals surface area contributed by atoms with Crippen LogP contribution in [-0.4, -0.2) is 42.3 Å². The molecule has 0 aromatic heterocycles. The van der Waals surface area contributed by atoms with Gasteiger partial charge in [-0.25, -0.2) is 9.59 Å². The van der Waals surface area contributed by atoms with Gasteiger partial charge in [0.25, 0.3) is 0 Å². The van der Waals surface area contributed by atoms with Gasteiger partial charge in [-0.3, -0.25) is 4.79 Å². The van der Waals surface area contributed by atoms with Crippen molar-refractivity contribution in [1.82, 2.24) is 10.6 Å². The molecule has 0 radical (unpaired) electrons. The number of esters is 1. The quantitative estimate of drug-likeness (QED) is 0.696. The zero-order valence-corrected chi connectivity index (χ0v) is 15.2. The van der Waals surface area contributed by atoms with E-state index in [0.717, 1.165) is 0 Å². The van der Waals surface area contributed by atoms with E-state index in [2.05, 4.69) is 10.6 Å². The molecule has 0 aliphatic rings. The fraction of sp³-hybridized carbons (Fsp3) is 0.812. The Morgan fingerprint density at radius 2 is 1.61 bits per heavy atom. The van der Waals surface area contributed by atoms with Gasteiger partial charge in [0.2, 0.25) is 5.91 Å². The third-order valence-electron chi connectivity index (χ3n) is 2.71. The Labute approximate surface area is 138 Å². The number of carbonyl (C=O) groups excluding carboxylic acids is 3. The topological polar surface area (TPSA) is 93.7 Å². The third-order valence-corrected chi connectivity index (χ3v) is 2.71. The van der Waals surface area contributed by atoms with Crippen LogP contribution in [0.15, 0.2) is 0 Å². The highest BCUT2D eigenvalue weighted by Gasteiger charge is 2.27. The lowest BCUT2D eigenvalue weighted by molar-refractivity contribution is -0.147. The lowest BCUT2D eigenvalue weighted by Crippen LogP contribution is -2.52. The number of hydrogen-bond acceptors (Lipinski definition) is 5. The van der Waals surface area contributed by atoms with Crippen LogP contribution >= 0.6 is 0 Å². The maximum absolute atomic E-state index is 12.3. The van der Waals surface area contributed by atoms with Crippen LogP contribution in [0.4, 0.5) is 4.79 Å². The van der Waals surface area contributed by atoms with Gasteiger partial charge in [0.15, 0.2) is 0 Å². The average molecular weight is 330 g/mol. The van der Waals surface area contributed by atoms with E-state index in [1.165, 1.54) is 6.92 Å². The Bertz CT molecular complexity index is 415. The summed E-state index contributed by atoms with van der Waals surface area (Å²) in [5.41, 5.74) is -0.652. The van der Waals surface area contributed by atoms with Crippen molar-refractivity contribution in [3.8, 4) is 0 Å². The molecule has 134 valence electrons. The largest absolute Gasteiger partial charge is 0.464 e. The number of alkyl carbamates (subject to hydrolysis) is 1. The molecule has 0 aliphatic heterocycles. The molecule has 0 saturated heterocycles. The summed E-state index contributed by atoms with van der Waals surface area (Å²) in [6, 6.07) is -1.56. The lowest BCUT2D eigenvalue weighted by Gasteiger charge is -2.25. The maximum atomic E-state index is 12.3. The van der Waals surface area contributed by atoms with Crippen molar-refractivity contribution in [2.45, 2.75) is 72.6 Å². The molecule has 7 heteroatoms. The summed E-state index contributed by atoms with van der Waals surface area (Å²) >= 11 is 0. The fourth-order valence-corrected chi connectivity index (χ4v) is 1.79. The zero-order chi connectivity index (χ0) is 18.2. The smallest absolute Gasteiger partial charge is 0.408 e. The lowest BCUT2D eigenvalue weighted by atomic mass is 10.0. The van der Waals surface area contributed by atoms with Crippen LogP contribution in [0.25, 0.3) is 0 Å². The van der Waals surface area contributed by atoms with Gasteiger partial charge >= 0.3 is 12.1 Å². The number of amides is 2. The summed E-state index contributed by atoms with van der Waals surface area (Å²) < 4.78 is 10.0. The maximum Gasteiger partial charge on any atom is 0.408 e. The Morgan fingerprint density at radius 1 is 1.04 bits per heavy atom. The van der Waals surface area contributed by atoms with Crippen molar-refractivity contribution in [1.29, 1.82) is 0 Å². The van der Waals surface area contributed by atoms with Crippen molar-refractivity contribution in [3.63, 3.8) is 0 Å². The van der Waals surface area contributed by atoms with Crippen molar-refractivity contribution in [3.05, 3.63) is 0 Å². The first-order valence-electron chi connectivity index (χ1n) is 7.92. The van der Waals surface area contributed by atoms with Crippen molar-refractivity contribution in [2.24, 2.45) is 5.92 Å². The second-order valence-corrected chi connectivity index (χ2v) is 6.81. The first kappa shape index (κ1) is 21.2. The first-order chi connectivity index (χ1) is 10.5. The van der Waals surface area contributed by atoms with Gasteiger partial charge in [-0.1, -0.05) is 13.8 Å². The Hall–Kier alpha value is -1.79. The first-order valence-corrected chi connectivity index (χ1v) is 7.92. The van der Waals surface area contributed by atoms with E-state index in [9.17, 15) is 14.4 Å². The third kappa shape index (κ3) is 9.76. The van der Waals surface area contributed by atoms with Gasteiger partial charge in [-0.15, -0.1) is 0 Å². The van der Waals surface area contributed by atoms with Gasteiger partial charge in [0.1, 0.15) is 17.7 Å². The molecule has 0 bridgehead atoms. The minimum absolute atomic E-state index is 0.179. The number of carbonyl (C=O) groups is 3. The second kappa shape index (κ2) is 9.37. The highest BCUT2D eigenvalue weighted by Crippen LogP contribution is 2.10. The fourth-order valence-electron chi connectivity index (χ4n) is 1.79. The van der Waals surface area contributed by atoms with Crippen molar-refractivity contribution < 1.29 is 23.9 Å². The molecule has 0 aromatic carbocycles. The normalized spacial score (nSPS) is 13.9. The molecule has 2 amide bonds. The van der Waals surface area contributed by atoms with Crippen LogP contribution in [0.1, 0.15) is 54.9 Å². The standard InChI is InChI=1S/C16H30N2O5/c1-8-22-14(20)11(4)17-13(19)12(9-10(2)3)18-15(21)23-16(5,6)7/h10-12H,8-9H2,1-7H3,(H,17,19)(H,18,21). The number of nitrogens with one attached hydrogen (secondary N) is 2. The van der Waals surface area contributed by atoms with E-state index in [1.54, 1.807) is 27.7 Å². The molecule has 0 aliphatic carbocycles. The molecular weight excluding hydrogens is 300 g/mol. The molecule has 0 aromatic rings. The van der Waals surface area contributed by atoms with Crippen molar-refractivity contribution >= 4 is 18.0 Å². The van der Waals surface area contributed by atoms with Crippen LogP contribution in [0, 0.1) is 5.92 Å². The minimum Gasteiger partial charge on any atom is -0.464 e. The molecule has 2 unspecified atom stereocenters. The van der Waals surface area contributed by atoms with Crippen LogP contribution in [0.2, 0.25) is 0 Å². The highest BCUT2D eigenvalue weighted by atomic mass is 16.6. The van der Waals surface area contributed by atoms with Gasteiger partial charge in [0, 0.05) is 0 Å². The minimum atomic E-state index is -0.780. The molecule has 0 saturated carbocycles. The number of ether oxygens (including phenoxy) is 2. The molecule has 7 nitrogen and oxygen atoms in total. The predicted octanol–water partition coefficient (Wildman–Crippen LogP) is 1.99. The van der Waals surface area contributed by atoms with Crippen LogP contribution in [-0.2, 0) is 19.1 Å². The Morgan fingerprint density at radius 3 is 2.04 bits per heavy atom. The molecule has 0 spiro atoms. The molecule has 2 N–H and O–H groups in total. The Balaban J connectivity index is 4.79. The summed E-state index contributed by atoms with van der Waals surface area (Å²) in [5.74, 6) is -0.773. The molecule has 0 rings (SSSR count). The van der Waals surface area contributed by atoms with E-state index in [1.807, 2.05) is 13.8 Å². The summed E-state index contributed by atoms with van der Waals surface area (Å²) in [6.45, 7) is 12.6. The number of hydrogen-bond donors (Lipinski definition) is 2. The van der Waals surface area contributed by atoms with Gasteiger partial charge in [0.05, 0.1) is 6.61 Å². The molecule has 0 heterocycles. The van der Waals surface area contributed by atoms with E-state index in [-0.39, 0.29) is 12.5 Å². The monoisotopic (exact) mass is 330 g/mol. The van der Waals surface area contributed by atoms with Crippen LogP contribution in [0.5, 0.6) is 0 Å². The molecule has 0 fully saturated rings. The van der Waals surface area contributed by atoms with Gasteiger partial charge in [-0.05, 0) is 47.0 Å². The summed E-state index contributed by atoms with van der Waals surface area (Å²) in [6.07, 6.45) is -0.234. The molecule has 23 heavy (non-hydrogen) atoms. The van der Waals surface area contributed by atoms with E-state index in [0.29, 0.717) is 6.42 Å². The summed E-state index contributed by atoms with van der Waals surface area (Å²) in [7, 11) is 0. The van der Waals surface area contributed by atoms with Crippen molar-refractivity contribution in [2.75, 3.05) is 6.61 Å². The van der Waals surface area contributed by atoms with E-state index < -0.39 is 35.7 Å². The predicted molar refractivity (Wildman–Crippen MR) is 86.9 cm³/mol. The average Bonchev–Trinajstić information content (AvgIpc) is 2.35. The second-order valence-electron chi connectivity index (χ2n) is 6.81.